The molecular formula is C11H20N6O2. The highest BCUT2D eigenvalue weighted by atomic mass is 16.6. The summed E-state index contributed by atoms with van der Waals surface area (Å²) in [6.07, 6.45) is 0.891. The molecule has 8 nitrogen and oxygen atoms in total. The molecule has 0 spiro atoms. The van der Waals surface area contributed by atoms with Gasteiger partial charge in [0, 0.05) is 19.7 Å². The fourth-order valence-corrected chi connectivity index (χ4v) is 1.67. The number of anilines is 2. The largest absolute Gasteiger partial charge is 0.354 e. The van der Waals surface area contributed by atoms with Crippen molar-refractivity contribution in [2.24, 2.45) is 5.84 Å². The molecule has 1 heterocycles. The number of hydrogen-bond acceptors (Lipinski definition) is 7. The Bertz CT molecular complexity index is 437. The number of rotatable bonds is 7. The number of nitrogens with one attached hydrogen (secondary N) is 1. The van der Waals surface area contributed by atoms with Crippen molar-refractivity contribution in [2.45, 2.75) is 6.42 Å². The molecule has 1 rings (SSSR count). The summed E-state index contributed by atoms with van der Waals surface area (Å²) in [7, 11) is 5.75. The molecule has 0 aromatic carbocycles. The maximum atomic E-state index is 11.0. The molecule has 0 amide bonds. The summed E-state index contributed by atoms with van der Waals surface area (Å²) in [5.41, 5.74) is 2.37. The van der Waals surface area contributed by atoms with Crippen molar-refractivity contribution in [3.63, 3.8) is 0 Å². The zero-order valence-corrected chi connectivity index (χ0v) is 11.5. The van der Waals surface area contributed by atoms with Crippen LogP contribution in [0.25, 0.3) is 0 Å². The van der Waals surface area contributed by atoms with Gasteiger partial charge in [0.2, 0.25) is 5.82 Å². The molecule has 1 aromatic heterocycles. The lowest BCUT2D eigenvalue weighted by Gasteiger charge is -2.19. The SMILES string of the molecule is CN(C)CCCN(C)c1nc(NN)ccc1[N+](=O)[O-]. The van der Waals surface area contributed by atoms with Gasteiger partial charge in [-0.3, -0.25) is 10.1 Å². The van der Waals surface area contributed by atoms with Crippen molar-refractivity contribution >= 4 is 17.3 Å². The highest BCUT2D eigenvalue weighted by Crippen LogP contribution is 2.26. The van der Waals surface area contributed by atoms with Crippen molar-refractivity contribution in [1.82, 2.24) is 9.88 Å². The third-order valence-electron chi connectivity index (χ3n) is 2.66. The highest BCUT2D eigenvalue weighted by molar-refractivity contribution is 5.61. The molecular weight excluding hydrogens is 248 g/mol. The van der Waals surface area contributed by atoms with Crippen LogP contribution in [0.4, 0.5) is 17.3 Å². The van der Waals surface area contributed by atoms with Gasteiger partial charge in [-0.2, -0.15) is 0 Å². The van der Waals surface area contributed by atoms with Crippen LogP contribution in [0.2, 0.25) is 0 Å². The molecule has 0 unspecified atom stereocenters. The second-order valence-corrected chi connectivity index (χ2v) is 4.52. The average Bonchev–Trinajstić information content (AvgIpc) is 2.37. The molecule has 19 heavy (non-hydrogen) atoms. The van der Waals surface area contributed by atoms with E-state index < -0.39 is 4.92 Å². The Labute approximate surface area is 112 Å². The average molecular weight is 268 g/mol. The Morgan fingerprint density at radius 2 is 2.05 bits per heavy atom. The van der Waals surface area contributed by atoms with E-state index in [2.05, 4.69) is 15.3 Å². The van der Waals surface area contributed by atoms with E-state index in [0.29, 0.717) is 18.2 Å². The van der Waals surface area contributed by atoms with Gasteiger partial charge in [-0.1, -0.05) is 0 Å². The summed E-state index contributed by atoms with van der Waals surface area (Å²) in [4.78, 5) is 18.5. The first-order valence-electron chi connectivity index (χ1n) is 5.93. The van der Waals surface area contributed by atoms with Crippen molar-refractivity contribution in [1.29, 1.82) is 0 Å². The van der Waals surface area contributed by atoms with Crippen LogP contribution >= 0.6 is 0 Å². The lowest BCUT2D eigenvalue weighted by molar-refractivity contribution is -0.384. The van der Waals surface area contributed by atoms with E-state index in [4.69, 9.17) is 5.84 Å². The van der Waals surface area contributed by atoms with Gasteiger partial charge in [-0.05, 0) is 33.1 Å². The summed E-state index contributed by atoms with van der Waals surface area (Å²) < 4.78 is 0. The molecule has 0 saturated heterocycles. The minimum Gasteiger partial charge on any atom is -0.354 e. The lowest BCUT2D eigenvalue weighted by Crippen LogP contribution is -2.25. The normalized spacial score (nSPS) is 10.6. The van der Waals surface area contributed by atoms with Gasteiger partial charge in [0.25, 0.3) is 0 Å². The predicted octanol–water partition coefficient (Wildman–Crippen LogP) is 0.663. The van der Waals surface area contributed by atoms with Crippen molar-refractivity contribution in [3.8, 4) is 0 Å². The van der Waals surface area contributed by atoms with Crippen molar-refractivity contribution in [2.75, 3.05) is 44.6 Å². The van der Waals surface area contributed by atoms with Crippen LogP contribution in [0.5, 0.6) is 0 Å². The minimum absolute atomic E-state index is 0.0219. The molecule has 3 N–H and O–H groups in total. The summed E-state index contributed by atoms with van der Waals surface area (Å²) in [5.74, 6) is 6.00. The monoisotopic (exact) mass is 268 g/mol. The maximum absolute atomic E-state index is 11.0. The highest BCUT2D eigenvalue weighted by Gasteiger charge is 2.19. The molecule has 0 fully saturated rings. The number of hydrazine groups is 1. The van der Waals surface area contributed by atoms with E-state index in [1.54, 1.807) is 11.9 Å². The summed E-state index contributed by atoms with van der Waals surface area (Å²) in [6.45, 7) is 1.59. The van der Waals surface area contributed by atoms with Crippen LogP contribution in [-0.4, -0.2) is 49.0 Å². The lowest BCUT2D eigenvalue weighted by atomic mass is 10.3. The van der Waals surface area contributed by atoms with Gasteiger partial charge in [0.1, 0.15) is 5.82 Å². The number of pyridine rings is 1. The topological polar surface area (TPSA) is 101 Å². The van der Waals surface area contributed by atoms with Gasteiger partial charge in [-0.25, -0.2) is 10.8 Å². The zero-order chi connectivity index (χ0) is 14.4. The van der Waals surface area contributed by atoms with E-state index in [9.17, 15) is 10.1 Å². The Kier molecular flexibility index (Phi) is 5.46. The second-order valence-electron chi connectivity index (χ2n) is 4.52. The fraction of sp³-hybridized carbons (Fsp3) is 0.545. The standard InChI is InChI=1S/C11H20N6O2/c1-15(2)7-4-8-16(3)11-9(17(18)19)5-6-10(13-11)14-12/h5-6H,4,7-8,12H2,1-3H3,(H,13,14). The molecule has 1 aromatic rings. The molecule has 0 aliphatic rings. The number of nitrogen functional groups attached to an aromatic ring is 1. The fourth-order valence-electron chi connectivity index (χ4n) is 1.67. The van der Waals surface area contributed by atoms with E-state index in [1.807, 2.05) is 14.1 Å². The second kappa shape index (κ2) is 6.86. The Morgan fingerprint density at radius 3 is 2.58 bits per heavy atom. The smallest absolute Gasteiger partial charge is 0.311 e. The Morgan fingerprint density at radius 1 is 1.37 bits per heavy atom. The van der Waals surface area contributed by atoms with Crippen molar-refractivity contribution in [3.05, 3.63) is 22.2 Å². The molecule has 106 valence electrons. The molecule has 0 aliphatic heterocycles. The Balaban J connectivity index is 2.86. The first kappa shape index (κ1) is 15.1. The third kappa shape index (κ3) is 4.34. The van der Waals surface area contributed by atoms with Gasteiger partial charge < -0.3 is 15.2 Å². The summed E-state index contributed by atoms with van der Waals surface area (Å²) in [5, 5.41) is 11.0. The molecule has 8 heteroatoms. The first-order chi connectivity index (χ1) is 8.95. The van der Waals surface area contributed by atoms with Gasteiger partial charge >= 0.3 is 5.69 Å². The van der Waals surface area contributed by atoms with Crippen LogP contribution in [0.15, 0.2) is 12.1 Å². The molecule has 0 aliphatic carbocycles. The predicted molar refractivity (Wildman–Crippen MR) is 75.1 cm³/mol. The quantitative estimate of drug-likeness (QED) is 0.425. The van der Waals surface area contributed by atoms with Crippen LogP contribution in [0.1, 0.15) is 6.42 Å². The summed E-state index contributed by atoms with van der Waals surface area (Å²) in [6, 6.07) is 2.88. The van der Waals surface area contributed by atoms with E-state index in [-0.39, 0.29) is 5.69 Å². The van der Waals surface area contributed by atoms with Crippen LogP contribution in [0.3, 0.4) is 0 Å². The van der Waals surface area contributed by atoms with Gasteiger partial charge in [0.15, 0.2) is 0 Å². The third-order valence-corrected chi connectivity index (χ3v) is 2.66. The number of nitrogens with two attached hydrogens (primary N) is 1. The van der Waals surface area contributed by atoms with Crippen molar-refractivity contribution < 1.29 is 4.92 Å². The minimum atomic E-state index is -0.439. The molecule has 0 radical (unpaired) electrons. The van der Waals surface area contributed by atoms with Gasteiger partial charge in [-0.15, -0.1) is 0 Å². The van der Waals surface area contributed by atoms with Crippen LogP contribution < -0.4 is 16.2 Å². The summed E-state index contributed by atoms with van der Waals surface area (Å²) >= 11 is 0. The molecule has 0 atom stereocenters. The van der Waals surface area contributed by atoms with E-state index >= 15 is 0 Å². The number of hydrogen-bond donors (Lipinski definition) is 2. The molecule has 0 saturated carbocycles. The van der Waals surface area contributed by atoms with Crippen LogP contribution in [-0.2, 0) is 0 Å². The van der Waals surface area contributed by atoms with Gasteiger partial charge in [0.05, 0.1) is 4.92 Å². The Hall–Kier alpha value is -1.93. The number of aromatic nitrogens is 1. The van der Waals surface area contributed by atoms with E-state index in [1.165, 1.54) is 12.1 Å². The maximum Gasteiger partial charge on any atom is 0.311 e. The molecule has 0 bridgehead atoms. The van der Waals surface area contributed by atoms with Crippen LogP contribution in [0, 0.1) is 10.1 Å². The first-order valence-corrected chi connectivity index (χ1v) is 5.93. The number of nitrogens with zero attached hydrogens (tertiary/aromatic N) is 4. The number of nitro groups is 1. The van der Waals surface area contributed by atoms with E-state index in [0.717, 1.165) is 13.0 Å². The zero-order valence-electron chi connectivity index (χ0n) is 11.5.